The Morgan fingerprint density at radius 1 is 1.50 bits per heavy atom. The van der Waals surface area contributed by atoms with Crippen LogP contribution >= 0.6 is 0 Å². The van der Waals surface area contributed by atoms with Crippen molar-refractivity contribution in [2.45, 2.75) is 38.7 Å². The van der Waals surface area contributed by atoms with E-state index in [0.29, 0.717) is 0 Å². The summed E-state index contributed by atoms with van der Waals surface area (Å²) in [4.78, 5) is 0. The van der Waals surface area contributed by atoms with Crippen molar-refractivity contribution in [1.29, 1.82) is 0 Å². The first-order chi connectivity index (χ1) is 4.33. The van der Waals surface area contributed by atoms with E-state index in [1.807, 2.05) is 0 Å². The number of rotatable bonds is 3. The largest absolute Gasteiger partial charge is 0.389 e. The molecule has 0 saturated carbocycles. The van der Waals surface area contributed by atoms with Crippen LogP contribution in [0.2, 0.25) is 25.7 Å². The van der Waals surface area contributed by atoms with Gasteiger partial charge in [0.2, 0.25) is 0 Å². The van der Waals surface area contributed by atoms with Crippen LogP contribution in [0.3, 0.4) is 0 Å². The van der Waals surface area contributed by atoms with Gasteiger partial charge in [0.05, 0.1) is 6.10 Å². The van der Waals surface area contributed by atoms with Crippen molar-refractivity contribution in [3.8, 4) is 0 Å². The van der Waals surface area contributed by atoms with Crippen molar-refractivity contribution in [2.24, 2.45) is 0 Å². The molecule has 0 saturated heterocycles. The maximum Gasteiger partial charge on any atom is 0.0716 e. The van der Waals surface area contributed by atoms with Gasteiger partial charge in [0.1, 0.15) is 0 Å². The molecule has 0 aliphatic rings. The predicted molar refractivity (Wildman–Crippen MR) is 49.0 cm³/mol. The van der Waals surface area contributed by atoms with E-state index in [4.69, 9.17) is 5.11 Å². The molecule has 0 fully saturated rings. The number of hydrogen-bond donors (Lipinski definition) is 1. The topological polar surface area (TPSA) is 20.2 Å². The van der Waals surface area contributed by atoms with E-state index in [-0.39, 0.29) is 6.10 Å². The molecular weight excluding hydrogens is 140 g/mol. The van der Waals surface area contributed by atoms with Crippen LogP contribution in [-0.2, 0) is 0 Å². The van der Waals surface area contributed by atoms with Gasteiger partial charge in [-0.15, -0.1) is 0 Å². The number of hydrogen-bond acceptors (Lipinski definition) is 1. The Hall–Kier alpha value is -0.0831. The van der Waals surface area contributed by atoms with Crippen LogP contribution < -0.4 is 0 Å². The fourth-order valence-electron chi connectivity index (χ4n) is 0.829. The lowest BCUT2D eigenvalue weighted by molar-refractivity contribution is 0.232. The molecule has 0 bridgehead atoms. The zero-order valence-electron chi connectivity index (χ0n) is 7.44. The first-order valence-corrected chi connectivity index (χ1v) is 7.39. The summed E-state index contributed by atoms with van der Waals surface area (Å²) in [5, 5.41) is 9.11. The highest BCUT2D eigenvalue weighted by atomic mass is 28.3. The molecule has 0 heterocycles. The monoisotopic (exact) mass is 158 g/mol. The van der Waals surface area contributed by atoms with Gasteiger partial charge in [0.15, 0.2) is 0 Å². The van der Waals surface area contributed by atoms with Gasteiger partial charge >= 0.3 is 0 Å². The Morgan fingerprint density at radius 3 is 2.00 bits per heavy atom. The number of aliphatic hydroxyl groups is 1. The SMILES string of the molecule is C=C(C[Si](C)(C)C)C(C)O. The summed E-state index contributed by atoms with van der Waals surface area (Å²) in [6.45, 7) is 12.4. The third-order valence-corrected chi connectivity index (χ3v) is 2.86. The van der Waals surface area contributed by atoms with Crippen LogP contribution in [-0.4, -0.2) is 19.3 Å². The summed E-state index contributed by atoms with van der Waals surface area (Å²) in [6.07, 6.45) is -0.327. The maximum absolute atomic E-state index is 9.11. The highest BCUT2D eigenvalue weighted by Gasteiger charge is 2.16. The minimum Gasteiger partial charge on any atom is -0.389 e. The molecule has 0 radical (unpaired) electrons. The minimum absolute atomic E-state index is 0.327. The summed E-state index contributed by atoms with van der Waals surface area (Å²) in [5.41, 5.74) is 0.985. The van der Waals surface area contributed by atoms with Crippen molar-refractivity contribution in [1.82, 2.24) is 0 Å². The van der Waals surface area contributed by atoms with Gasteiger partial charge in [0.25, 0.3) is 0 Å². The lowest BCUT2D eigenvalue weighted by atomic mass is 10.2. The third-order valence-electron chi connectivity index (χ3n) is 1.35. The zero-order chi connectivity index (χ0) is 8.36. The molecule has 0 aliphatic carbocycles. The molecular formula is C8H18OSi. The molecule has 10 heavy (non-hydrogen) atoms. The molecule has 2 heteroatoms. The summed E-state index contributed by atoms with van der Waals surface area (Å²) < 4.78 is 0. The van der Waals surface area contributed by atoms with Gasteiger partial charge in [-0.3, -0.25) is 0 Å². The quantitative estimate of drug-likeness (QED) is 0.493. The number of aliphatic hydroxyl groups excluding tert-OH is 1. The second-order valence-corrected chi connectivity index (χ2v) is 9.55. The third kappa shape index (κ3) is 4.76. The Morgan fingerprint density at radius 2 is 1.90 bits per heavy atom. The molecule has 1 unspecified atom stereocenters. The second-order valence-electron chi connectivity index (χ2n) is 4.07. The van der Waals surface area contributed by atoms with Crippen molar-refractivity contribution in [2.75, 3.05) is 0 Å². The summed E-state index contributed by atoms with van der Waals surface area (Å²) in [7, 11) is -1.04. The van der Waals surface area contributed by atoms with Crippen LogP contribution in [0.5, 0.6) is 0 Å². The average Bonchev–Trinajstić information content (AvgIpc) is 1.60. The van der Waals surface area contributed by atoms with Gasteiger partial charge in [-0.25, -0.2) is 0 Å². The lowest BCUT2D eigenvalue weighted by Gasteiger charge is -2.18. The van der Waals surface area contributed by atoms with Crippen LogP contribution in [0.4, 0.5) is 0 Å². The Balaban J connectivity index is 3.81. The van der Waals surface area contributed by atoms with Crippen LogP contribution in [0.15, 0.2) is 12.2 Å². The van der Waals surface area contributed by atoms with E-state index >= 15 is 0 Å². The van der Waals surface area contributed by atoms with Gasteiger partial charge in [-0.05, 0) is 13.0 Å². The standard InChI is InChI=1S/C8H18OSi/c1-7(8(2)9)6-10(3,4)5/h8-9H,1,6H2,2-5H3. The van der Waals surface area contributed by atoms with E-state index in [1.54, 1.807) is 6.92 Å². The van der Waals surface area contributed by atoms with E-state index in [9.17, 15) is 0 Å². The van der Waals surface area contributed by atoms with E-state index < -0.39 is 8.07 Å². The normalized spacial score (nSPS) is 14.9. The Kier molecular flexibility index (Phi) is 3.32. The summed E-state index contributed by atoms with van der Waals surface area (Å²) in [5.74, 6) is 0. The van der Waals surface area contributed by atoms with Crippen molar-refractivity contribution in [3.63, 3.8) is 0 Å². The van der Waals surface area contributed by atoms with Gasteiger partial charge in [0, 0.05) is 8.07 Å². The molecule has 1 atom stereocenters. The fourth-order valence-corrected chi connectivity index (χ4v) is 2.49. The first-order valence-electron chi connectivity index (χ1n) is 3.68. The molecule has 0 spiro atoms. The van der Waals surface area contributed by atoms with Crippen molar-refractivity contribution >= 4 is 8.07 Å². The highest BCUT2D eigenvalue weighted by molar-refractivity contribution is 6.76. The maximum atomic E-state index is 9.11. The fraction of sp³-hybridized carbons (Fsp3) is 0.750. The molecule has 0 aromatic heterocycles. The first kappa shape index (κ1) is 9.92. The molecule has 1 nitrogen and oxygen atoms in total. The predicted octanol–water partition coefficient (Wildman–Crippen LogP) is 2.26. The molecule has 0 aromatic carbocycles. The Labute approximate surface area is 64.8 Å². The van der Waals surface area contributed by atoms with E-state index in [1.165, 1.54) is 0 Å². The molecule has 0 aliphatic heterocycles. The van der Waals surface area contributed by atoms with Crippen LogP contribution in [0.25, 0.3) is 0 Å². The zero-order valence-corrected chi connectivity index (χ0v) is 8.44. The molecule has 60 valence electrons. The van der Waals surface area contributed by atoms with Gasteiger partial charge in [-0.2, -0.15) is 0 Å². The van der Waals surface area contributed by atoms with Crippen LogP contribution in [0.1, 0.15) is 6.92 Å². The molecule has 1 N–H and O–H groups in total. The van der Waals surface area contributed by atoms with Crippen molar-refractivity contribution in [3.05, 3.63) is 12.2 Å². The van der Waals surface area contributed by atoms with Crippen molar-refractivity contribution < 1.29 is 5.11 Å². The smallest absolute Gasteiger partial charge is 0.0716 e. The Bertz CT molecular complexity index is 122. The summed E-state index contributed by atoms with van der Waals surface area (Å²) >= 11 is 0. The molecule has 0 amide bonds. The van der Waals surface area contributed by atoms with E-state index in [0.717, 1.165) is 11.6 Å². The van der Waals surface area contributed by atoms with E-state index in [2.05, 4.69) is 26.2 Å². The lowest BCUT2D eigenvalue weighted by Crippen LogP contribution is -2.22. The average molecular weight is 158 g/mol. The minimum atomic E-state index is -1.04. The molecule has 0 aromatic rings. The second kappa shape index (κ2) is 3.35. The van der Waals surface area contributed by atoms with Gasteiger partial charge in [-0.1, -0.05) is 31.8 Å². The summed E-state index contributed by atoms with van der Waals surface area (Å²) in [6, 6.07) is 1.03. The van der Waals surface area contributed by atoms with Crippen LogP contribution in [0, 0.1) is 0 Å². The molecule has 0 rings (SSSR count). The highest BCUT2D eigenvalue weighted by Crippen LogP contribution is 2.16. The van der Waals surface area contributed by atoms with Gasteiger partial charge < -0.3 is 5.11 Å².